The average molecular weight is 495 g/mol. The molecule has 1 N–H and O–H groups in total. The molecule has 3 aromatic carbocycles. The summed E-state index contributed by atoms with van der Waals surface area (Å²) in [6, 6.07) is 22.7. The van der Waals surface area contributed by atoms with E-state index < -0.39 is 10.0 Å². The minimum atomic E-state index is -3.62. The summed E-state index contributed by atoms with van der Waals surface area (Å²) in [6.07, 6.45) is 4.64. The molecule has 0 saturated carbocycles. The molecule has 0 aliphatic carbocycles. The van der Waals surface area contributed by atoms with E-state index in [9.17, 15) is 13.2 Å². The van der Waals surface area contributed by atoms with E-state index in [4.69, 9.17) is 0 Å². The van der Waals surface area contributed by atoms with Gasteiger partial charge in [-0.2, -0.15) is 0 Å². The minimum Gasteiger partial charge on any atom is -0.350 e. The van der Waals surface area contributed by atoms with E-state index in [-0.39, 0.29) is 16.8 Å². The monoisotopic (exact) mass is 494 g/mol. The molecule has 5 nitrogen and oxygen atoms in total. The highest BCUT2D eigenvalue weighted by Gasteiger charge is 2.28. The van der Waals surface area contributed by atoms with Crippen molar-refractivity contribution in [1.82, 2.24) is 5.32 Å². The van der Waals surface area contributed by atoms with Crippen molar-refractivity contribution in [2.45, 2.75) is 48.4 Å². The number of hydrogen-bond donors (Lipinski definition) is 1. The van der Waals surface area contributed by atoms with Crippen LogP contribution in [0.3, 0.4) is 0 Å². The van der Waals surface area contributed by atoms with E-state index >= 15 is 0 Å². The van der Waals surface area contributed by atoms with Crippen LogP contribution in [0.2, 0.25) is 0 Å². The quantitative estimate of drug-likeness (QED) is 0.428. The summed E-state index contributed by atoms with van der Waals surface area (Å²) in [5.41, 5.74) is 3.84. The SMILES string of the molecule is CSc1ccc(C(C)NC(=O)CCc2ccc(S(=O)(=O)N3CCCc4ccccc43)cc2)cc1. The highest BCUT2D eigenvalue weighted by Crippen LogP contribution is 2.31. The molecule has 1 unspecified atom stereocenters. The number of benzene rings is 3. The number of anilines is 1. The molecule has 1 atom stereocenters. The highest BCUT2D eigenvalue weighted by atomic mass is 32.2. The van der Waals surface area contributed by atoms with Gasteiger partial charge in [-0.05, 0) is 79.5 Å². The van der Waals surface area contributed by atoms with Gasteiger partial charge < -0.3 is 5.32 Å². The Bertz CT molecular complexity index is 1240. The molecular formula is C27H30N2O3S2. The third-order valence-electron chi connectivity index (χ3n) is 6.21. The Balaban J connectivity index is 1.36. The predicted molar refractivity (Wildman–Crippen MR) is 139 cm³/mol. The zero-order chi connectivity index (χ0) is 24.1. The lowest BCUT2D eigenvalue weighted by molar-refractivity contribution is -0.121. The third-order valence-corrected chi connectivity index (χ3v) is 8.78. The van der Waals surface area contributed by atoms with Crippen LogP contribution in [0.1, 0.15) is 42.5 Å². The molecular weight excluding hydrogens is 464 g/mol. The van der Waals surface area contributed by atoms with Crippen LogP contribution in [-0.4, -0.2) is 27.1 Å². The van der Waals surface area contributed by atoms with Gasteiger partial charge in [0.1, 0.15) is 0 Å². The molecule has 0 fully saturated rings. The van der Waals surface area contributed by atoms with Crippen molar-refractivity contribution in [3.63, 3.8) is 0 Å². The lowest BCUT2D eigenvalue weighted by atomic mass is 10.0. The third kappa shape index (κ3) is 5.47. The zero-order valence-electron chi connectivity index (χ0n) is 19.5. The fraction of sp³-hybridized carbons (Fsp3) is 0.296. The molecule has 0 radical (unpaired) electrons. The molecule has 3 aromatic rings. The summed E-state index contributed by atoms with van der Waals surface area (Å²) in [4.78, 5) is 13.9. The van der Waals surface area contributed by atoms with Gasteiger partial charge in [0.15, 0.2) is 0 Å². The van der Waals surface area contributed by atoms with E-state index in [0.717, 1.165) is 35.2 Å². The predicted octanol–water partition coefficient (Wildman–Crippen LogP) is 5.36. The number of nitrogens with zero attached hydrogens (tertiary/aromatic N) is 1. The van der Waals surface area contributed by atoms with Gasteiger partial charge in [-0.25, -0.2) is 8.42 Å². The molecule has 0 aromatic heterocycles. The first kappa shape index (κ1) is 24.4. The van der Waals surface area contributed by atoms with Gasteiger partial charge in [0.05, 0.1) is 16.6 Å². The molecule has 0 saturated heterocycles. The topological polar surface area (TPSA) is 66.5 Å². The van der Waals surface area contributed by atoms with Gasteiger partial charge in [0.2, 0.25) is 5.91 Å². The fourth-order valence-corrected chi connectivity index (χ4v) is 6.20. The second-order valence-corrected chi connectivity index (χ2v) is 11.3. The Kier molecular flexibility index (Phi) is 7.63. The molecule has 4 rings (SSSR count). The van der Waals surface area contributed by atoms with Gasteiger partial charge in [0.25, 0.3) is 10.0 Å². The van der Waals surface area contributed by atoms with Crippen LogP contribution < -0.4 is 9.62 Å². The Morgan fingerprint density at radius 1 is 1.03 bits per heavy atom. The van der Waals surface area contributed by atoms with Crippen molar-refractivity contribution < 1.29 is 13.2 Å². The van der Waals surface area contributed by atoms with Crippen LogP contribution in [0.5, 0.6) is 0 Å². The maximum atomic E-state index is 13.3. The van der Waals surface area contributed by atoms with E-state index in [2.05, 4.69) is 17.4 Å². The van der Waals surface area contributed by atoms with Crippen LogP contribution in [0.4, 0.5) is 5.69 Å². The van der Waals surface area contributed by atoms with Crippen molar-refractivity contribution in [1.29, 1.82) is 0 Å². The number of rotatable bonds is 8. The maximum absolute atomic E-state index is 13.3. The zero-order valence-corrected chi connectivity index (χ0v) is 21.2. The fourth-order valence-electron chi connectivity index (χ4n) is 4.25. The number of hydrogen-bond acceptors (Lipinski definition) is 4. The molecule has 0 bridgehead atoms. The molecule has 34 heavy (non-hydrogen) atoms. The lowest BCUT2D eigenvalue weighted by Crippen LogP contribution is -2.35. The van der Waals surface area contributed by atoms with E-state index in [0.29, 0.717) is 19.4 Å². The number of aryl methyl sites for hydroxylation is 2. The van der Waals surface area contributed by atoms with Crippen molar-refractivity contribution in [3.8, 4) is 0 Å². The van der Waals surface area contributed by atoms with Crippen molar-refractivity contribution in [3.05, 3.63) is 89.5 Å². The summed E-state index contributed by atoms with van der Waals surface area (Å²) >= 11 is 1.69. The first-order chi connectivity index (χ1) is 16.4. The van der Waals surface area contributed by atoms with Crippen LogP contribution in [0.25, 0.3) is 0 Å². The summed E-state index contributed by atoms with van der Waals surface area (Å²) in [7, 11) is -3.62. The second-order valence-electron chi connectivity index (χ2n) is 8.52. The Morgan fingerprint density at radius 2 is 1.74 bits per heavy atom. The van der Waals surface area contributed by atoms with Gasteiger partial charge in [-0.15, -0.1) is 11.8 Å². The van der Waals surface area contributed by atoms with Crippen molar-refractivity contribution in [2.24, 2.45) is 0 Å². The number of thioether (sulfide) groups is 1. The number of carbonyl (C=O) groups excluding carboxylic acids is 1. The number of nitrogens with one attached hydrogen (secondary N) is 1. The summed E-state index contributed by atoms with van der Waals surface area (Å²) < 4.78 is 28.1. The highest BCUT2D eigenvalue weighted by molar-refractivity contribution is 7.98. The molecule has 1 amide bonds. The van der Waals surface area contributed by atoms with Crippen LogP contribution in [-0.2, 0) is 27.7 Å². The second kappa shape index (κ2) is 10.7. The van der Waals surface area contributed by atoms with Gasteiger partial charge in [0, 0.05) is 17.9 Å². The summed E-state index contributed by atoms with van der Waals surface area (Å²) in [5, 5.41) is 3.04. The van der Waals surface area contributed by atoms with E-state index in [1.165, 1.54) is 9.20 Å². The van der Waals surface area contributed by atoms with Crippen molar-refractivity contribution in [2.75, 3.05) is 17.1 Å². The van der Waals surface area contributed by atoms with Crippen molar-refractivity contribution >= 4 is 33.4 Å². The van der Waals surface area contributed by atoms with Gasteiger partial charge in [-0.3, -0.25) is 9.10 Å². The first-order valence-electron chi connectivity index (χ1n) is 11.5. The van der Waals surface area contributed by atoms with Gasteiger partial charge in [-0.1, -0.05) is 42.5 Å². The Hall–Kier alpha value is -2.77. The summed E-state index contributed by atoms with van der Waals surface area (Å²) in [5.74, 6) is -0.0249. The van der Waals surface area contributed by atoms with Gasteiger partial charge >= 0.3 is 0 Å². The number of carbonyl (C=O) groups is 1. The van der Waals surface area contributed by atoms with E-state index in [1.807, 2.05) is 49.6 Å². The summed E-state index contributed by atoms with van der Waals surface area (Å²) in [6.45, 7) is 2.46. The smallest absolute Gasteiger partial charge is 0.264 e. The maximum Gasteiger partial charge on any atom is 0.264 e. The normalized spacial score (nSPS) is 14.4. The number of amides is 1. The van der Waals surface area contributed by atoms with E-state index in [1.54, 1.807) is 36.0 Å². The minimum absolute atomic E-state index is 0.0249. The molecule has 178 valence electrons. The number of fused-ring (bicyclic) bond motifs is 1. The Labute approximate surface area is 206 Å². The van der Waals surface area contributed by atoms with Crippen LogP contribution in [0.15, 0.2) is 82.6 Å². The van der Waals surface area contributed by atoms with Crippen LogP contribution in [0, 0.1) is 0 Å². The average Bonchev–Trinajstić information content (AvgIpc) is 2.87. The standard InChI is InChI=1S/C27H30N2O3S2/c1-20(22-12-14-24(33-2)15-13-22)28-27(30)18-11-21-9-16-25(17-10-21)34(31,32)29-19-5-7-23-6-3-4-8-26(23)29/h3-4,6,8-10,12-17,20H,5,7,11,18-19H2,1-2H3,(H,28,30). The molecule has 7 heteroatoms. The molecule has 1 heterocycles. The molecule has 0 spiro atoms. The van der Waals surface area contributed by atoms with Crippen LogP contribution >= 0.6 is 11.8 Å². The molecule has 1 aliphatic heterocycles. The number of sulfonamides is 1. The largest absolute Gasteiger partial charge is 0.350 e. The first-order valence-corrected chi connectivity index (χ1v) is 14.2. The molecule has 1 aliphatic rings. The number of para-hydroxylation sites is 1. The lowest BCUT2D eigenvalue weighted by Gasteiger charge is -2.30. The Morgan fingerprint density at radius 3 is 2.44 bits per heavy atom.